The number of halogens is 1. The van der Waals surface area contributed by atoms with Crippen molar-refractivity contribution in [3.63, 3.8) is 0 Å². The summed E-state index contributed by atoms with van der Waals surface area (Å²) < 4.78 is 13.1. The molecule has 1 saturated carbocycles. The molecule has 1 aliphatic rings. The third kappa shape index (κ3) is 7.48. The van der Waals surface area contributed by atoms with E-state index >= 15 is 0 Å². The average molecular weight is 451 g/mol. The smallest absolute Gasteiger partial charge is 0.231 e. The molecule has 1 N–H and O–H groups in total. The highest BCUT2D eigenvalue weighted by Crippen LogP contribution is 2.34. The minimum Gasteiger partial charge on any atom is -0.310 e. The topological polar surface area (TPSA) is 59.1 Å². The number of aromatic nitrogens is 1. The lowest BCUT2D eigenvalue weighted by atomic mass is 9.93. The van der Waals surface area contributed by atoms with Gasteiger partial charge in [-0.1, -0.05) is 38.7 Å². The summed E-state index contributed by atoms with van der Waals surface area (Å²) in [6.45, 7) is 13.9. The molecule has 1 heterocycles. The van der Waals surface area contributed by atoms with Crippen molar-refractivity contribution in [3.05, 3.63) is 76.6 Å². The van der Waals surface area contributed by atoms with Crippen molar-refractivity contribution in [2.24, 2.45) is 5.92 Å². The number of rotatable bonds is 11. The van der Waals surface area contributed by atoms with Gasteiger partial charge in [0.15, 0.2) is 5.78 Å². The van der Waals surface area contributed by atoms with Crippen molar-refractivity contribution < 1.29 is 14.0 Å². The lowest BCUT2D eigenvalue weighted by Crippen LogP contribution is -2.16. The Kier molecular flexibility index (Phi) is 9.71. The molecule has 33 heavy (non-hydrogen) atoms. The summed E-state index contributed by atoms with van der Waals surface area (Å²) in [7, 11) is 0. The van der Waals surface area contributed by atoms with Crippen LogP contribution < -0.4 is 5.32 Å². The first-order valence-corrected chi connectivity index (χ1v) is 11.6. The van der Waals surface area contributed by atoms with Crippen molar-refractivity contribution in [2.45, 2.75) is 66.5 Å². The Balaban J connectivity index is 2.33. The van der Waals surface area contributed by atoms with Gasteiger partial charge >= 0.3 is 0 Å². The minimum absolute atomic E-state index is 0.0601. The fourth-order valence-electron chi connectivity index (χ4n) is 3.50. The number of pyridine rings is 1. The number of nitrogens with one attached hydrogen (secondary N) is 1. The number of anilines is 1. The number of allylic oxidation sites excluding steroid dienone is 8. The Bertz CT molecular complexity index is 1030. The zero-order chi connectivity index (χ0) is 24.5. The Morgan fingerprint density at radius 3 is 2.58 bits per heavy atom. The zero-order valence-corrected chi connectivity index (χ0v) is 20.4. The SMILES string of the molecule is C=C(\C=C(C)/C(=C\C)C(/C=C/CC)=C/c1cnc(NC(=O)C2CC2F)cc1C)C(=O)CCC. The molecule has 1 fully saturated rings. The van der Waals surface area contributed by atoms with Gasteiger partial charge in [-0.15, -0.1) is 0 Å². The van der Waals surface area contributed by atoms with E-state index in [0.717, 1.165) is 40.7 Å². The van der Waals surface area contributed by atoms with E-state index in [1.54, 1.807) is 12.3 Å². The summed E-state index contributed by atoms with van der Waals surface area (Å²) >= 11 is 0. The lowest BCUT2D eigenvalue weighted by Gasteiger charge is -2.12. The van der Waals surface area contributed by atoms with E-state index in [1.807, 2.05) is 45.9 Å². The number of ketones is 1. The van der Waals surface area contributed by atoms with E-state index in [2.05, 4.69) is 36.0 Å². The molecule has 0 spiro atoms. The van der Waals surface area contributed by atoms with Crippen LogP contribution in [0.4, 0.5) is 10.2 Å². The van der Waals surface area contributed by atoms with Crippen LogP contribution in [0, 0.1) is 12.8 Å². The van der Waals surface area contributed by atoms with Crippen LogP contribution in [0.2, 0.25) is 0 Å². The number of hydrogen-bond acceptors (Lipinski definition) is 3. The number of aryl methyl sites for hydroxylation is 1. The summed E-state index contributed by atoms with van der Waals surface area (Å²) in [6.07, 6.45) is 13.2. The monoisotopic (exact) mass is 450 g/mol. The average Bonchev–Trinajstić information content (AvgIpc) is 3.50. The van der Waals surface area contributed by atoms with Crippen molar-refractivity contribution in [1.29, 1.82) is 0 Å². The fraction of sp³-hybridized carbons (Fsp3) is 0.393. The van der Waals surface area contributed by atoms with Crippen LogP contribution in [-0.2, 0) is 9.59 Å². The summed E-state index contributed by atoms with van der Waals surface area (Å²) in [5.74, 6) is -0.389. The lowest BCUT2D eigenvalue weighted by molar-refractivity contribution is -0.117. The molecule has 1 aromatic heterocycles. The maximum absolute atomic E-state index is 13.1. The van der Waals surface area contributed by atoms with E-state index < -0.39 is 12.1 Å². The maximum Gasteiger partial charge on any atom is 0.231 e. The molecule has 0 aliphatic heterocycles. The van der Waals surface area contributed by atoms with Crippen molar-refractivity contribution in [3.8, 4) is 0 Å². The second-order valence-corrected chi connectivity index (χ2v) is 8.41. The standard InChI is InChI=1S/C28H35FN2O2/c1-7-10-12-21(23(9-3)19(5)13-20(6)26(32)11-8-2)15-22-17-30-27(14-18(22)4)31-28(33)24-16-25(24)29/h9-10,12-15,17,24-25H,6-8,11,16H2,1-5H3,(H,30,31,33)/b12-10+,19-13-,21-15+,23-9+. The summed E-state index contributed by atoms with van der Waals surface area (Å²) in [5, 5.41) is 2.70. The first-order valence-electron chi connectivity index (χ1n) is 11.6. The van der Waals surface area contributed by atoms with Crippen molar-refractivity contribution >= 4 is 23.6 Å². The van der Waals surface area contributed by atoms with E-state index in [9.17, 15) is 14.0 Å². The van der Waals surface area contributed by atoms with Gasteiger partial charge in [0.25, 0.3) is 0 Å². The van der Waals surface area contributed by atoms with Gasteiger partial charge in [-0.2, -0.15) is 0 Å². The van der Waals surface area contributed by atoms with Gasteiger partial charge in [0.2, 0.25) is 5.91 Å². The van der Waals surface area contributed by atoms with Crippen LogP contribution in [0.5, 0.6) is 0 Å². The van der Waals surface area contributed by atoms with Crippen LogP contribution >= 0.6 is 0 Å². The van der Waals surface area contributed by atoms with E-state index in [-0.39, 0.29) is 18.1 Å². The third-order valence-corrected chi connectivity index (χ3v) is 5.55. The van der Waals surface area contributed by atoms with Crippen molar-refractivity contribution in [2.75, 3.05) is 5.32 Å². The Morgan fingerprint density at radius 2 is 2.03 bits per heavy atom. The molecule has 1 amide bonds. The first kappa shape index (κ1) is 26.2. The second-order valence-electron chi connectivity index (χ2n) is 8.41. The van der Waals surface area contributed by atoms with E-state index in [1.165, 1.54) is 0 Å². The minimum atomic E-state index is -1.04. The third-order valence-electron chi connectivity index (χ3n) is 5.55. The van der Waals surface area contributed by atoms with E-state index in [4.69, 9.17) is 0 Å². The van der Waals surface area contributed by atoms with Crippen LogP contribution in [0.15, 0.2) is 65.4 Å². The summed E-state index contributed by atoms with van der Waals surface area (Å²) in [4.78, 5) is 28.5. The summed E-state index contributed by atoms with van der Waals surface area (Å²) in [6, 6.07) is 1.80. The number of Topliss-reactive ketones (excluding diaryl/α,β-unsaturated/α-hetero) is 1. The predicted octanol–water partition coefficient (Wildman–Crippen LogP) is 6.85. The highest BCUT2D eigenvalue weighted by molar-refractivity contribution is 5.97. The molecule has 2 rings (SSSR count). The molecule has 2 atom stereocenters. The van der Waals surface area contributed by atoms with Gasteiger partial charge in [0.05, 0.1) is 5.92 Å². The number of carbonyl (C=O) groups is 2. The van der Waals surface area contributed by atoms with Gasteiger partial charge in [-0.25, -0.2) is 9.37 Å². The molecular formula is C28H35FN2O2. The van der Waals surface area contributed by atoms with Gasteiger partial charge in [0, 0.05) is 18.2 Å². The van der Waals surface area contributed by atoms with Crippen LogP contribution in [-0.4, -0.2) is 22.8 Å². The Morgan fingerprint density at radius 1 is 1.33 bits per heavy atom. The Hall–Kier alpha value is -3.08. The number of hydrogen-bond donors (Lipinski definition) is 1. The molecule has 0 bridgehead atoms. The first-order chi connectivity index (χ1) is 15.7. The normalized spacial score (nSPS) is 19.0. The molecule has 4 nitrogen and oxygen atoms in total. The predicted molar refractivity (Wildman–Crippen MR) is 135 cm³/mol. The van der Waals surface area contributed by atoms with E-state index in [0.29, 0.717) is 17.8 Å². The van der Waals surface area contributed by atoms with Gasteiger partial charge < -0.3 is 5.32 Å². The number of alkyl halides is 1. The molecule has 5 heteroatoms. The van der Waals surface area contributed by atoms with Crippen molar-refractivity contribution in [1.82, 2.24) is 4.98 Å². The fourth-order valence-corrected chi connectivity index (χ4v) is 3.50. The second kappa shape index (κ2) is 12.2. The molecule has 176 valence electrons. The quantitative estimate of drug-likeness (QED) is 0.296. The van der Waals surface area contributed by atoms with Gasteiger partial charge in [-0.05, 0) is 86.1 Å². The van der Waals surface area contributed by atoms with Crippen LogP contribution in [0.1, 0.15) is 64.5 Å². The van der Waals surface area contributed by atoms with Gasteiger partial charge in [-0.3, -0.25) is 9.59 Å². The largest absolute Gasteiger partial charge is 0.310 e. The zero-order valence-electron chi connectivity index (χ0n) is 20.4. The molecule has 0 aromatic carbocycles. The molecule has 2 unspecified atom stereocenters. The number of carbonyl (C=O) groups excluding carboxylic acids is 2. The maximum atomic E-state index is 13.1. The highest BCUT2D eigenvalue weighted by atomic mass is 19.1. The molecule has 0 saturated heterocycles. The summed E-state index contributed by atoms with van der Waals surface area (Å²) in [5.41, 5.74) is 5.31. The van der Waals surface area contributed by atoms with Gasteiger partial charge in [0.1, 0.15) is 12.0 Å². The Labute approximate surface area is 197 Å². The molecule has 0 radical (unpaired) electrons. The molecule has 1 aliphatic carbocycles. The van der Waals surface area contributed by atoms with Crippen LogP contribution in [0.25, 0.3) is 6.08 Å². The molecule has 1 aromatic rings. The highest BCUT2D eigenvalue weighted by Gasteiger charge is 2.43. The number of amides is 1. The molecular weight excluding hydrogens is 415 g/mol. The van der Waals surface area contributed by atoms with Crippen LogP contribution in [0.3, 0.4) is 0 Å². The number of nitrogens with zero attached hydrogens (tertiary/aromatic N) is 1.